The molecule has 101 heavy (non-hydrogen) atoms. The summed E-state index contributed by atoms with van der Waals surface area (Å²) in [7, 11) is 0. The van der Waals surface area contributed by atoms with Crippen LogP contribution in [0, 0.1) is 0 Å². The number of aliphatic hydroxyl groups excluding tert-OH is 22. The van der Waals surface area contributed by atoms with Gasteiger partial charge in [-0.25, -0.2) is 0 Å². The normalized spacial score (nSPS) is 48.3. The van der Waals surface area contributed by atoms with Crippen molar-refractivity contribution in [3.05, 3.63) is 0 Å². The van der Waals surface area contributed by atoms with Crippen LogP contribution in [0.3, 0.4) is 0 Å². The smallest absolute Gasteiger partial charge is 0.217 e. The summed E-state index contributed by atoms with van der Waals surface area (Å²) in [5, 5.41) is 252. The standard InChI is InChI=1S/C56H94N4O41/c1-13(67)57-25-36(78)44(21(9-65)89-49(25)86)97-52-28(60-16(4)70)37(79)45(22(10-66)94-52)98-55-43(85)47(100-56-48(40(82)32(74)20(8-64)93-56)101-51-27(59-15(3)69)35(77)30(72)18(6-62)91-51)46(99-50-26(58-14(2)68)34(76)29(71)17(5-61)90-50)24(96-55)12-88-54-42(84)39(81)33(75)23(95-54)11-87-53-41(83)38(80)31(73)19(7-63)92-53/h17-56,61-66,71-86H,5-12H2,1-4H3,(H,57,67)(H,58,68)(H,59,69)(H,60,70)/t17-,18-,19-,20-,21-,22-,23-,24-,25-,26-,27-,28-,29-,30-,31-,32-,33-,34-,35-,36-,37-,38+,39+,40+,41+,42+,43+,44-,45-,46-,47-,48+,49?,50+,51+,52+,53+,54+,55+,56-/m1/s1. The third-order valence-corrected chi connectivity index (χ3v) is 18.2. The zero-order chi connectivity index (χ0) is 74.5. The van der Waals surface area contributed by atoms with Crippen molar-refractivity contribution in [3.8, 4) is 0 Å². The highest BCUT2D eigenvalue weighted by molar-refractivity contribution is 5.74. The molecule has 8 heterocycles. The average Bonchev–Trinajstić information content (AvgIpc) is 0.761. The minimum atomic E-state index is -2.62. The van der Waals surface area contributed by atoms with Crippen molar-refractivity contribution in [1.82, 2.24) is 21.3 Å². The molecule has 0 aromatic carbocycles. The maximum absolute atomic E-state index is 13.0. The average molecular weight is 1480 g/mol. The van der Waals surface area contributed by atoms with Gasteiger partial charge in [0, 0.05) is 27.7 Å². The molecular weight excluding hydrogens is 1380 g/mol. The molecule has 584 valence electrons. The van der Waals surface area contributed by atoms with Gasteiger partial charge in [-0.1, -0.05) is 0 Å². The summed E-state index contributed by atoms with van der Waals surface area (Å²) in [6.45, 7) is -4.61. The van der Waals surface area contributed by atoms with Crippen LogP contribution in [0.2, 0.25) is 0 Å². The third kappa shape index (κ3) is 18.7. The first-order valence-corrected chi connectivity index (χ1v) is 32.1. The van der Waals surface area contributed by atoms with E-state index in [1.54, 1.807) is 0 Å². The maximum Gasteiger partial charge on any atom is 0.217 e. The van der Waals surface area contributed by atoms with Crippen LogP contribution in [-0.4, -0.2) is 434 Å². The number of carbonyl (C=O) groups is 4. The van der Waals surface area contributed by atoms with Gasteiger partial charge in [-0.3, -0.25) is 19.2 Å². The van der Waals surface area contributed by atoms with Crippen LogP contribution in [0.25, 0.3) is 0 Å². The van der Waals surface area contributed by atoms with Crippen LogP contribution < -0.4 is 21.3 Å². The molecule has 4 amide bonds. The Bertz CT molecular complexity index is 2640. The second-order valence-corrected chi connectivity index (χ2v) is 25.4. The van der Waals surface area contributed by atoms with E-state index < -0.39 is 322 Å². The van der Waals surface area contributed by atoms with Crippen LogP contribution in [0.1, 0.15) is 27.7 Å². The van der Waals surface area contributed by atoms with Crippen LogP contribution in [-0.2, 0) is 90.2 Å². The lowest BCUT2D eigenvalue weighted by Crippen LogP contribution is -2.71. The van der Waals surface area contributed by atoms with Gasteiger partial charge in [0.15, 0.2) is 50.3 Å². The van der Waals surface area contributed by atoms with Gasteiger partial charge in [-0.05, 0) is 0 Å². The summed E-state index contributed by atoms with van der Waals surface area (Å²) in [5.74, 6) is -3.54. The number of ether oxygens (including phenoxy) is 15. The second kappa shape index (κ2) is 36.3. The van der Waals surface area contributed by atoms with Gasteiger partial charge in [-0.15, -0.1) is 0 Å². The van der Waals surface area contributed by atoms with E-state index in [9.17, 15) is 132 Å². The monoisotopic (exact) mass is 1480 g/mol. The minimum Gasteiger partial charge on any atom is -0.394 e. The van der Waals surface area contributed by atoms with Gasteiger partial charge in [0.2, 0.25) is 23.6 Å². The first kappa shape index (κ1) is 83.0. The first-order valence-electron chi connectivity index (χ1n) is 32.1. The Balaban J connectivity index is 1.22. The number of hydrogen-bond acceptors (Lipinski definition) is 41. The Morgan fingerprint density at radius 2 is 0.554 bits per heavy atom. The molecule has 0 bridgehead atoms. The van der Waals surface area contributed by atoms with Crippen LogP contribution in [0.5, 0.6) is 0 Å². The summed E-state index contributed by atoms with van der Waals surface area (Å²) in [5.41, 5.74) is 0. The van der Waals surface area contributed by atoms with Crippen molar-refractivity contribution >= 4 is 23.6 Å². The lowest BCUT2D eigenvalue weighted by atomic mass is 9.93. The molecule has 8 aliphatic heterocycles. The quantitative estimate of drug-likeness (QED) is 0.0382. The van der Waals surface area contributed by atoms with Gasteiger partial charge in [0.25, 0.3) is 0 Å². The summed E-state index contributed by atoms with van der Waals surface area (Å²) in [4.78, 5) is 50.6. The van der Waals surface area contributed by atoms with E-state index in [2.05, 4.69) is 21.3 Å². The highest BCUT2D eigenvalue weighted by atomic mass is 16.8. The number of rotatable bonds is 26. The molecule has 0 spiro atoms. The van der Waals surface area contributed by atoms with Crippen molar-refractivity contribution in [2.24, 2.45) is 0 Å². The zero-order valence-corrected chi connectivity index (χ0v) is 54.3. The van der Waals surface area contributed by atoms with Crippen molar-refractivity contribution in [2.75, 3.05) is 52.9 Å². The Hall–Kier alpha value is -3.60. The van der Waals surface area contributed by atoms with Gasteiger partial charge in [-0.2, -0.15) is 0 Å². The van der Waals surface area contributed by atoms with Crippen molar-refractivity contribution in [1.29, 1.82) is 0 Å². The molecule has 8 fully saturated rings. The molecule has 26 N–H and O–H groups in total. The predicted octanol–water partition coefficient (Wildman–Crippen LogP) is -17.9. The van der Waals surface area contributed by atoms with Crippen LogP contribution >= 0.6 is 0 Å². The van der Waals surface area contributed by atoms with Crippen molar-refractivity contribution < 1.29 is 203 Å². The number of nitrogens with one attached hydrogen (secondary N) is 4. The number of carbonyl (C=O) groups excluding carboxylic acids is 4. The van der Waals surface area contributed by atoms with Gasteiger partial charge < -0.3 is 205 Å². The topological polar surface area (TPSA) is 700 Å². The number of hydrogen-bond donors (Lipinski definition) is 26. The summed E-state index contributed by atoms with van der Waals surface area (Å²) >= 11 is 0. The molecule has 40 atom stereocenters. The van der Waals surface area contributed by atoms with Crippen LogP contribution in [0.15, 0.2) is 0 Å². The Labute approximate surface area is 572 Å². The maximum atomic E-state index is 13.0. The Morgan fingerprint density at radius 3 is 1.00 bits per heavy atom. The molecule has 0 radical (unpaired) electrons. The first-order chi connectivity index (χ1) is 47.7. The SMILES string of the molecule is CC(=O)N[C@H]1[C@H](O[C@H]2[C@H](O)[C@@H](NC(C)=O)C(O)O[C@@H]2CO)O[C@H](CO)[C@@H](O[C@@H]2O[C@H](CO[C@H]3O[C@H](CO[C@H]4O[C@H](CO)[C@@H](O)[C@H](O)[C@@H]4O)[C@@H](O)[C@H](O)[C@@H]3O)[C@@H](O[C@@H]3O[C@H](CO)[C@@H](O)[C@H](O)[C@H]3NC(C)=O)[C@H](O[C@H]3O[C@H](CO)[C@@H](O)[C@H](O)[C@@H]3O[C@@H]3O[C@H](CO)[C@@H](O)[C@H](O)[C@H]3NC(C)=O)[C@@H]2O)[C@@H]1O. The molecule has 0 aliphatic carbocycles. The van der Waals surface area contributed by atoms with E-state index >= 15 is 0 Å². The molecule has 0 saturated carbocycles. The zero-order valence-electron chi connectivity index (χ0n) is 54.3. The molecule has 45 nitrogen and oxygen atoms in total. The molecule has 45 heteroatoms. The fourth-order valence-electron chi connectivity index (χ4n) is 12.9. The van der Waals surface area contributed by atoms with E-state index in [0.717, 1.165) is 27.7 Å². The molecule has 8 aliphatic rings. The highest BCUT2D eigenvalue weighted by Gasteiger charge is 2.60. The van der Waals surface area contributed by atoms with Gasteiger partial charge in [0.05, 0.1) is 52.9 Å². The van der Waals surface area contributed by atoms with E-state index in [1.165, 1.54) is 0 Å². The molecular formula is C56H94N4O41. The van der Waals surface area contributed by atoms with E-state index in [-0.39, 0.29) is 0 Å². The van der Waals surface area contributed by atoms with Crippen LogP contribution in [0.4, 0.5) is 0 Å². The lowest BCUT2D eigenvalue weighted by Gasteiger charge is -2.52. The summed E-state index contributed by atoms with van der Waals surface area (Å²) in [6, 6.07) is -7.30. The van der Waals surface area contributed by atoms with Gasteiger partial charge in [0.1, 0.15) is 195 Å². The molecule has 8 rings (SSSR count). The molecule has 0 aromatic heterocycles. The minimum absolute atomic E-state index is 0.781. The van der Waals surface area contributed by atoms with E-state index in [4.69, 9.17) is 71.1 Å². The summed E-state index contributed by atoms with van der Waals surface area (Å²) in [6.07, 6.45) is -74.8. The number of aliphatic hydroxyl groups is 22. The fraction of sp³-hybridized carbons (Fsp3) is 0.929. The Kier molecular flexibility index (Phi) is 29.9. The van der Waals surface area contributed by atoms with E-state index in [0.29, 0.717) is 0 Å². The number of amides is 4. The highest BCUT2D eigenvalue weighted by Crippen LogP contribution is 2.40. The Morgan fingerprint density at radius 1 is 0.257 bits per heavy atom. The molecule has 8 saturated heterocycles. The van der Waals surface area contributed by atoms with Crippen molar-refractivity contribution in [2.45, 2.75) is 273 Å². The molecule has 1 unspecified atom stereocenters. The third-order valence-electron chi connectivity index (χ3n) is 18.2. The lowest BCUT2D eigenvalue weighted by molar-refractivity contribution is -0.406. The van der Waals surface area contributed by atoms with E-state index in [1.807, 2.05) is 0 Å². The summed E-state index contributed by atoms with van der Waals surface area (Å²) < 4.78 is 89.7. The largest absolute Gasteiger partial charge is 0.394 e. The van der Waals surface area contributed by atoms with Gasteiger partial charge >= 0.3 is 0 Å². The second-order valence-electron chi connectivity index (χ2n) is 25.4. The fourth-order valence-corrected chi connectivity index (χ4v) is 12.9. The predicted molar refractivity (Wildman–Crippen MR) is 311 cm³/mol. The van der Waals surface area contributed by atoms with Crippen molar-refractivity contribution in [3.63, 3.8) is 0 Å². The molecule has 0 aromatic rings.